The quantitative estimate of drug-likeness (QED) is 0.629. The molecule has 7 nitrogen and oxygen atoms in total. The lowest BCUT2D eigenvalue weighted by Gasteiger charge is -2.29. The van der Waals surface area contributed by atoms with Crippen molar-refractivity contribution in [2.45, 2.75) is 18.9 Å². The lowest BCUT2D eigenvalue weighted by Crippen LogP contribution is -2.44. The maximum absolute atomic E-state index is 11.3. The minimum Gasteiger partial charge on any atom is -0.480 e. The highest BCUT2D eigenvalue weighted by Crippen LogP contribution is 2.19. The fourth-order valence-corrected chi connectivity index (χ4v) is 1.84. The zero-order valence-corrected chi connectivity index (χ0v) is 10.7. The summed E-state index contributed by atoms with van der Waals surface area (Å²) in [6, 6.07) is 7.20. The smallest absolute Gasteiger partial charge is 0.326 e. The zero-order chi connectivity index (χ0) is 15.1. The van der Waals surface area contributed by atoms with E-state index in [9.17, 15) is 19.5 Å². The Morgan fingerprint density at radius 1 is 1.15 bits per heavy atom. The van der Waals surface area contributed by atoms with E-state index in [0.29, 0.717) is 5.69 Å². The first-order valence-corrected chi connectivity index (χ1v) is 5.96. The van der Waals surface area contributed by atoms with Crippen LogP contribution in [0.4, 0.5) is 5.69 Å². The monoisotopic (exact) mass is 280 g/mol. The van der Waals surface area contributed by atoms with Gasteiger partial charge in [-0.05, 0) is 18.6 Å². The van der Waals surface area contributed by atoms with Gasteiger partial charge in [0.25, 0.3) is 0 Å². The SMILES string of the molecule is NC(=O)CC[C@@H](C(=O)O)N(CC(=O)O)c1ccccc1. The van der Waals surface area contributed by atoms with Crippen molar-refractivity contribution in [1.82, 2.24) is 0 Å². The van der Waals surface area contributed by atoms with Crippen LogP contribution >= 0.6 is 0 Å². The minimum atomic E-state index is -1.20. The molecule has 1 rings (SSSR count). The molecular weight excluding hydrogens is 264 g/mol. The number of para-hydroxylation sites is 1. The van der Waals surface area contributed by atoms with Crippen molar-refractivity contribution in [2.24, 2.45) is 5.73 Å². The Kier molecular flexibility index (Phi) is 5.52. The molecule has 20 heavy (non-hydrogen) atoms. The number of hydrogen-bond acceptors (Lipinski definition) is 4. The fraction of sp³-hybridized carbons (Fsp3) is 0.308. The van der Waals surface area contributed by atoms with Crippen LogP contribution in [0.25, 0.3) is 0 Å². The molecule has 1 aromatic carbocycles. The highest BCUT2D eigenvalue weighted by molar-refractivity contribution is 5.83. The molecule has 1 amide bonds. The van der Waals surface area contributed by atoms with Gasteiger partial charge >= 0.3 is 11.9 Å². The van der Waals surface area contributed by atoms with Crippen molar-refractivity contribution in [3.05, 3.63) is 30.3 Å². The van der Waals surface area contributed by atoms with E-state index in [0.717, 1.165) is 0 Å². The Hall–Kier alpha value is -2.57. The van der Waals surface area contributed by atoms with Crippen LogP contribution in [0.3, 0.4) is 0 Å². The summed E-state index contributed by atoms with van der Waals surface area (Å²) in [7, 11) is 0. The van der Waals surface area contributed by atoms with Gasteiger partial charge in [-0.3, -0.25) is 9.59 Å². The fourth-order valence-electron chi connectivity index (χ4n) is 1.84. The van der Waals surface area contributed by atoms with E-state index < -0.39 is 30.4 Å². The number of amides is 1. The summed E-state index contributed by atoms with van der Waals surface area (Å²) in [6.07, 6.45) is -0.174. The summed E-state index contributed by atoms with van der Waals surface area (Å²) >= 11 is 0. The summed E-state index contributed by atoms with van der Waals surface area (Å²) in [5.74, 6) is -2.98. The van der Waals surface area contributed by atoms with Crippen LogP contribution in [-0.2, 0) is 14.4 Å². The van der Waals surface area contributed by atoms with Gasteiger partial charge in [-0.25, -0.2) is 4.79 Å². The number of carboxylic acids is 2. The van der Waals surface area contributed by atoms with Gasteiger partial charge in [-0.1, -0.05) is 18.2 Å². The summed E-state index contributed by atoms with van der Waals surface area (Å²) < 4.78 is 0. The van der Waals surface area contributed by atoms with Crippen molar-refractivity contribution in [2.75, 3.05) is 11.4 Å². The molecule has 0 spiro atoms. The molecule has 4 N–H and O–H groups in total. The van der Waals surface area contributed by atoms with E-state index in [4.69, 9.17) is 10.8 Å². The molecule has 0 aliphatic carbocycles. The number of hydrogen-bond donors (Lipinski definition) is 3. The number of anilines is 1. The van der Waals surface area contributed by atoms with Crippen molar-refractivity contribution in [3.8, 4) is 0 Å². The van der Waals surface area contributed by atoms with Gasteiger partial charge < -0.3 is 20.8 Å². The normalized spacial score (nSPS) is 11.6. The van der Waals surface area contributed by atoms with Crippen LogP contribution in [0.1, 0.15) is 12.8 Å². The Balaban J connectivity index is 3.01. The van der Waals surface area contributed by atoms with E-state index in [1.807, 2.05) is 0 Å². The van der Waals surface area contributed by atoms with E-state index in [-0.39, 0.29) is 12.8 Å². The Morgan fingerprint density at radius 2 is 1.75 bits per heavy atom. The first-order valence-electron chi connectivity index (χ1n) is 5.96. The van der Waals surface area contributed by atoms with Crippen LogP contribution in [-0.4, -0.2) is 40.6 Å². The predicted molar refractivity (Wildman–Crippen MR) is 71.3 cm³/mol. The molecule has 1 aromatic rings. The standard InChI is InChI=1S/C13H16N2O5/c14-11(16)7-6-10(13(19)20)15(8-12(17)18)9-4-2-1-3-5-9/h1-5,10H,6-8H2,(H2,14,16)(H,17,18)(H,19,20)/t10-/m0/s1. The predicted octanol–water partition coefficient (Wildman–Crippen LogP) is 0.296. The van der Waals surface area contributed by atoms with Crippen LogP contribution in [0.15, 0.2) is 30.3 Å². The number of carboxylic acid groups (broad SMARTS) is 2. The molecule has 0 aromatic heterocycles. The first kappa shape index (κ1) is 15.5. The van der Waals surface area contributed by atoms with Crippen LogP contribution in [0, 0.1) is 0 Å². The molecule has 0 aliphatic heterocycles. The number of nitrogens with zero attached hydrogens (tertiary/aromatic N) is 1. The Bertz CT molecular complexity index is 489. The van der Waals surface area contributed by atoms with E-state index in [1.54, 1.807) is 30.3 Å². The van der Waals surface area contributed by atoms with E-state index in [2.05, 4.69) is 0 Å². The van der Waals surface area contributed by atoms with Crippen molar-refractivity contribution < 1.29 is 24.6 Å². The number of carbonyl (C=O) groups is 3. The molecule has 1 atom stereocenters. The van der Waals surface area contributed by atoms with Gasteiger partial charge in [-0.2, -0.15) is 0 Å². The molecule has 0 bridgehead atoms. The maximum Gasteiger partial charge on any atom is 0.326 e. The highest BCUT2D eigenvalue weighted by Gasteiger charge is 2.27. The zero-order valence-electron chi connectivity index (χ0n) is 10.7. The number of carbonyl (C=O) groups excluding carboxylic acids is 1. The van der Waals surface area contributed by atoms with Gasteiger partial charge in [0.2, 0.25) is 5.91 Å². The summed E-state index contributed by atoms with van der Waals surface area (Å²) in [5, 5.41) is 18.2. The van der Waals surface area contributed by atoms with Crippen molar-refractivity contribution in [3.63, 3.8) is 0 Å². The molecular formula is C13H16N2O5. The number of rotatable bonds is 8. The van der Waals surface area contributed by atoms with Crippen molar-refractivity contribution in [1.29, 1.82) is 0 Å². The third kappa shape index (κ3) is 4.60. The van der Waals surface area contributed by atoms with E-state index in [1.165, 1.54) is 4.90 Å². The lowest BCUT2D eigenvalue weighted by molar-refractivity contribution is -0.139. The molecule has 0 fully saturated rings. The molecule has 0 aliphatic rings. The second-order valence-corrected chi connectivity index (χ2v) is 4.22. The Morgan fingerprint density at radius 3 is 2.20 bits per heavy atom. The molecule has 108 valence electrons. The second kappa shape index (κ2) is 7.13. The lowest BCUT2D eigenvalue weighted by atomic mass is 10.1. The summed E-state index contributed by atoms with van der Waals surface area (Å²) in [6.45, 7) is -0.472. The van der Waals surface area contributed by atoms with Crippen molar-refractivity contribution >= 4 is 23.5 Å². The Labute approximate surface area is 115 Å². The second-order valence-electron chi connectivity index (χ2n) is 4.22. The third-order valence-electron chi connectivity index (χ3n) is 2.72. The first-order chi connectivity index (χ1) is 9.41. The van der Waals surface area contributed by atoms with Crippen LogP contribution in [0.2, 0.25) is 0 Å². The topological polar surface area (TPSA) is 121 Å². The average Bonchev–Trinajstić information content (AvgIpc) is 2.37. The minimum absolute atomic E-state index is 0.0488. The van der Waals surface area contributed by atoms with Gasteiger partial charge in [0, 0.05) is 12.1 Å². The molecule has 0 heterocycles. The molecule has 0 unspecified atom stereocenters. The maximum atomic E-state index is 11.3. The molecule has 7 heteroatoms. The summed E-state index contributed by atoms with van der Waals surface area (Å²) in [4.78, 5) is 34.3. The number of benzene rings is 1. The average molecular weight is 280 g/mol. The van der Waals surface area contributed by atoms with Gasteiger partial charge in [0.15, 0.2) is 0 Å². The van der Waals surface area contributed by atoms with E-state index >= 15 is 0 Å². The number of primary amides is 1. The number of aliphatic carboxylic acids is 2. The molecule has 0 radical (unpaired) electrons. The van der Waals surface area contributed by atoms with Gasteiger partial charge in [0.05, 0.1) is 0 Å². The highest BCUT2D eigenvalue weighted by atomic mass is 16.4. The third-order valence-corrected chi connectivity index (χ3v) is 2.72. The largest absolute Gasteiger partial charge is 0.480 e. The molecule has 0 saturated heterocycles. The number of nitrogens with two attached hydrogens (primary N) is 1. The molecule has 0 saturated carbocycles. The van der Waals surface area contributed by atoms with Crippen LogP contribution in [0.5, 0.6) is 0 Å². The summed E-state index contributed by atoms with van der Waals surface area (Å²) in [5.41, 5.74) is 5.48. The van der Waals surface area contributed by atoms with Crippen LogP contribution < -0.4 is 10.6 Å². The van der Waals surface area contributed by atoms with Gasteiger partial charge in [-0.15, -0.1) is 0 Å². The van der Waals surface area contributed by atoms with Gasteiger partial charge in [0.1, 0.15) is 12.6 Å².